The molecule has 1 saturated carbocycles. The average molecular weight is 412 g/mol. The monoisotopic (exact) mass is 411 g/mol. The Morgan fingerprint density at radius 3 is 2.42 bits per heavy atom. The highest BCUT2D eigenvalue weighted by Gasteiger charge is 2.22. The molecule has 1 aliphatic carbocycles. The maximum atomic E-state index is 9.80. The fourth-order valence-corrected chi connectivity index (χ4v) is 4.19. The number of anilines is 2. The van der Waals surface area contributed by atoms with E-state index < -0.39 is 0 Å². The second kappa shape index (κ2) is 8.32. The maximum Gasteiger partial charge on any atom is 0.169 e. The zero-order valence-corrected chi connectivity index (χ0v) is 17.2. The molecule has 6 heteroatoms. The quantitative estimate of drug-likeness (QED) is 0.452. The highest BCUT2D eigenvalue weighted by molar-refractivity contribution is 5.88. The molecular weight excluding hydrogens is 386 g/mol. The molecule has 31 heavy (non-hydrogen) atoms. The van der Waals surface area contributed by atoms with Crippen LogP contribution in [0.1, 0.15) is 25.7 Å². The van der Waals surface area contributed by atoms with Gasteiger partial charge in [-0.15, -0.1) is 0 Å². The van der Waals surface area contributed by atoms with E-state index in [1.54, 1.807) is 6.20 Å². The molecule has 0 radical (unpaired) electrons. The zero-order valence-electron chi connectivity index (χ0n) is 17.2. The summed E-state index contributed by atoms with van der Waals surface area (Å²) in [4.78, 5) is 14.1. The van der Waals surface area contributed by atoms with Crippen LogP contribution in [-0.2, 0) is 0 Å². The number of nitrogens with two attached hydrogens (primary N) is 1. The van der Waals surface area contributed by atoms with Crippen molar-refractivity contribution in [2.75, 3.05) is 11.1 Å². The Labute approximate surface area is 181 Å². The molecule has 5 rings (SSSR count). The van der Waals surface area contributed by atoms with Gasteiger partial charge in [0.1, 0.15) is 0 Å². The van der Waals surface area contributed by atoms with Crippen molar-refractivity contribution in [2.45, 2.75) is 37.8 Å². The first-order valence-corrected chi connectivity index (χ1v) is 10.7. The topological polar surface area (TPSA) is 97.0 Å². The molecule has 156 valence electrons. The lowest BCUT2D eigenvalue weighted by Gasteiger charge is -2.27. The highest BCUT2D eigenvalue weighted by atomic mass is 16.3. The molecule has 6 nitrogen and oxygen atoms in total. The third kappa shape index (κ3) is 4.07. The Morgan fingerprint density at radius 1 is 0.839 bits per heavy atom. The van der Waals surface area contributed by atoms with Crippen molar-refractivity contribution in [3.8, 4) is 22.5 Å². The third-order valence-corrected chi connectivity index (χ3v) is 5.88. The van der Waals surface area contributed by atoms with Crippen molar-refractivity contribution < 1.29 is 5.11 Å². The van der Waals surface area contributed by atoms with Crippen LogP contribution >= 0.6 is 0 Å². The SMILES string of the molecule is Nc1nc(-c2ccccc2)c(-c2ccc3ncccc3c2)nc1NC1CCC(O)CC1. The molecule has 0 bridgehead atoms. The molecule has 0 atom stereocenters. The number of hydrogen-bond donors (Lipinski definition) is 3. The van der Waals surface area contributed by atoms with Gasteiger partial charge >= 0.3 is 0 Å². The third-order valence-electron chi connectivity index (χ3n) is 5.88. The van der Waals surface area contributed by atoms with Crippen molar-refractivity contribution in [2.24, 2.45) is 0 Å². The van der Waals surface area contributed by atoms with Crippen LogP contribution in [0.4, 0.5) is 11.6 Å². The van der Waals surface area contributed by atoms with Crippen molar-refractivity contribution in [3.63, 3.8) is 0 Å². The molecule has 2 aromatic carbocycles. The lowest BCUT2D eigenvalue weighted by Crippen LogP contribution is -2.29. The second-order valence-electron chi connectivity index (χ2n) is 8.08. The lowest BCUT2D eigenvalue weighted by molar-refractivity contribution is 0.126. The number of nitrogens with one attached hydrogen (secondary N) is 1. The smallest absolute Gasteiger partial charge is 0.169 e. The highest BCUT2D eigenvalue weighted by Crippen LogP contribution is 2.34. The van der Waals surface area contributed by atoms with Crippen LogP contribution in [0.5, 0.6) is 0 Å². The molecule has 4 aromatic rings. The molecule has 0 amide bonds. The fraction of sp³-hybridized carbons (Fsp3) is 0.240. The number of fused-ring (bicyclic) bond motifs is 1. The van der Waals surface area contributed by atoms with Crippen LogP contribution in [0, 0.1) is 0 Å². The summed E-state index contributed by atoms with van der Waals surface area (Å²) in [5, 5.41) is 14.3. The number of aliphatic hydroxyl groups excluding tert-OH is 1. The van der Waals surface area contributed by atoms with Crippen LogP contribution in [0.3, 0.4) is 0 Å². The molecule has 1 aliphatic rings. The van der Waals surface area contributed by atoms with E-state index in [2.05, 4.69) is 16.4 Å². The van der Waals surface area contributed by atoms with E-state index in [1.165, 1.54) is 0 Å². The van der Waals surface area contributed by atoms with Crippen LogP contribution in [0.15, 0.2) is 66.9 Å². The maximum absolute atomic E-state index is 9.80. The number of aliphatic hydroxyl groups is 1. The van der Waals surface area contributed by atoms with Crippen LogP contribution in [-0.4, -0.2) is 32.2 Å². The molecule has 2 aromatic heterocycles. The summed E-state index contributed by atoms with van der Waals surface area (Å²) in [7, 11) is 0. The van der Waals surface area contributed by atoms with Gasteiger partial charge in [-0.1, -0.05) is 42.5 Å². The Balaban J connectivity index is 1.60. The minimum atomic E-state index is -0.205. The van der Waals surface area contributed by atoms with E-state index in [9.17, 15) is 5.11 Å². The number of nitrogens with zero attached hydrogens (tertiary/aromatic N) is 3. The van der Waals surface area contributed by atoms with Gasteiger partial charge in [-0.25, -0.2) is 9.97 Å². The largest absolute Gasteiger partial charge is 0.393 e. The van der Waals surface area contributed by atoms with E-state index >= 15 is 0 Å². The van der Waals surface area contributed by atoms with Crippen LogP contribution in [0.25, 0.3) is 33.4 Å². The van der Waals surface area contributed by atoms with Gasteiger partial charge in [0.15, 0.2) is 11.6 Å². The normalized spacial score (nSPS) is 18.7. The van der Waals surface area contributed by atoms with E-state index in [-0.39, 0.29) is 12.1 Å². The van der Waals surface area contributed by atoms with Crippen molar-refractivity contribution in [3.05, 3.63) is 66.9 Å². The summed E-state index contributed by atoms with van der Waals surface area (Å²) in [6.45, 7) is 0. The average Bonchev–Trinajstić information content (AvgIpc) is 2.82. The van der Waals surface area contributed by atoms with Crippen LogP contribution in [0.2, 0.25) is 0 Å². The zero-order chi connectivity index (χ0) is 21.2. The number of aromatic nitrogens is 3. The van der Waals surface area contributed by atoms with Gasteiger partial charge in [0.25, 0.3) is 0 Å². The first kappa shape index (κ1) is 19.5. The minimum Gasteiger partial charge on any atom is -0.393 e. The Morgan fingerprint density at radius 2 is 1.61 bits per heavy atom. The van der Waals surface area contributed by atoms with Crippen molar-refractivity contribution >= 4 is 22.5 Å². The molecule has 0 aliphatic heterocycles. The second-order valence-corrected chi connectivity index (χ2v) is 8.08. The predicted molar refractivity (Wildman–Crippen MR) is 125 cm³/mol. The molecule has 0 saturated heterocycles. The Hall–Kier alpha value is -3.51. The summed E-state index contributed by atoms with van der Waals surface area (Å²) in [5.74, 6) is 0.985. The molecule has 1 fully saturated rings. The van der Waals surface area contributed by atoms with Gasteiger partial charge in [0.05, 0.1) is 23.0 Å². The molecule has 2 heterocycles. The van der Waals surface area contributed by atoms with E-state index in [0.717, 1.165) is 59.1 Å². The molecular formula is C25H25N5O. The van der Waals surface area contributed by atoms with E-state index in [1.807, 2.05) is 54.6 Å². The summed E-state index contributed by atoms with van der Waals surface area (Å²) in [6, 6.07) is 20.3. The predicted octanol–water partition coefficient (Wildman–Crippen LogP) is 4.66. The summed E-state index contributed by atoms with van der Waals surface area (Å²) in [6.07, 6.45) is 4.95. The van der Waals surface area contributed by atoms with Gasteiger partial charge in [-0.3, -0.25) is 4.98 Å². The van der Waals surface area contributed by atoms with Crippen molar-refractivity contribution in [1.29, 1.82) is 0 Å². The number of hydrogen-bond acceptors (Lipinski definition) is 6. The number of rotatable bonds is 4. The molecule has 0 spiro atoms. The first-order valence-electron chi connectivity index (χ1n) is 10.7. The lowest BCUT2D eigenvalue weighted by atomic mass is 9.93. The fourth-order valence-electron chi connectivity index (χ4n) is 4.19. The van der Waals surface area contributed by atoms with Gasteiger partial charge in [0.2, 0.25) is 0 Å². The van der Waals surface area contributed by atoms with Gasteiger partial charge in [-0.05, 0) is 43.9 Å². The molecule has 4 N–H and O–H groups in total. The molecule has 0 unspecified atom stereocenters. The van der Waals surface area contributed by atoms with Gasteiger partial charge in [-0.2, -0.15) is 0 Å². The van der Waals surface area contributed by atoms with E-state index in [4.69, 9.17) is 15.7 Å². The Bertz CT molecular complexity index is 1200. The van der Waals surface area contributed by atoms with Gasteiger partial charge < -0.3 is 16.2 Å². The number of benzene rings is 2. The standard InChI is InChI=1S/C25H25N5O/c26-24-25(28-19-9-11-20(31)12-10-19)30-23(22(29-24)16-5-2-1-3-6-16)18-8-13-21-17(15-18)7-4-14-27-21/h1-8,13-15,19-20,31H,9-12H2,(H2,26,29)(H,28,30). The van der Waals surface area contributed by atoms with Crippen molar-refractivity contribution in [1.82, 2.24) is 15.0 Å². The summed E-state index contributed by atoms with van der Waals surface area (Å²) < 4.78 is 0. The van der Waals surface area contributed by atoms with Gasteiger partial charge in [0, 0.05) is 28.8 Å². The van der Waals surface area contributed by atoms with Crippen LogP contribution < -0.4 is 11.1 Å². The summed E-state index contributed by atoms with van der Waals surface area (Å²) in [5.41, 5.74) is 10.8. The number of pyridine rings is 1. The first-order chi connectivity index (χ1) is 15.2. The van der Waals surface area contributed by atoms with E-state index in [0.29, 0.717) is 11.6 Å². The minimum absolute atomic E-state index is 0.205. The summed E-state index contributed by atoms with van der Waals surface area (Å²) >= 11 is 0. The Kier molecular flexibility index (Phi) is 5.22. The number of nitrogen functional groups attached to an aromatic ring is 1.